The van der Waals surface area contributed by atoms with Gasteiger partial charge in [-0.2, -0.15) is 4.31 Å². The second kappa shape index (κ2) is 7.10. The molecule has 1 rings (SSSR count). The molecular formula is C13H19FN2O2S2. The van der Waals surface area contributed by atoms with Crippen molar-refractivity contribution in [1.29, 1.82) is 0 Å². The molecule has 0 saturated heterocycles. The van der Waals surface area contributed by atoms with Gasteiger partial charge in [0, 0.05) is 13.1 Å². The summed E-state index contributed by atoms with van der Waals surface area (Å²) >= 11 is 4.77. The van der Waals surface area contributed by atoms with Crippen LogP contribution in [0.2, 0.25) is 0 Å². The van der Waals surface area contributed by atoms with Gasteiger partial charge in [0.25, 0.3) is 0 Å². The maximum atomic E-state index is 13.8. The van der Waals surface area contributed by atoms with Gasteiger partial charge in [0.15, 0.2) is 0 Å². The lowest BCUT2D eigenvalue weighted by molar-refractivity contribution is 0.418. The first kappa shape index (κ1) is 17.0. The molecule has 0 aromatic heterocycles. The average Bonchev–Trinajstić information content (AvgIpc) is 2.38. The van der Waals surface area contributed by atoms with Gasteiger partial charge in [0.2, 0.25) is 10.0 Å². The van der Waals surface area contributed by atoms with E-state index in [0.29, 0.717) is 13.1 Å². The number of nitrogens with two attached hydrogens (primary N) is 1. The molecule has 1 aromatic rings. The third kappa shape index (κ3) is 3.53. The van der Waals surface area contributed by atoms with Crippen molar-refractivity contribution in [2.45, 2.75) is 31.6 Å². The van der Waals surface area contributed by atoms with Crippen molar-refractivity contribution in [3.05, 3.63) is 29.6 Å². The summed E-state index contributed by atoms with van der Waals surface area (Å²) in [7, 11) is -3.80. The van der Waals surface area contributed by atoms with E-state index in [9.17, 15) is 12.8 Å². The van der Waals surface area contributed by atoms with Crippen molar-refractivity contribution in [2.75, 3.05) is 13.1 Å². The summed E-state index contributed by atoms with van der Waals surface area (Å²) < 4.78 is 40.3. The van der Waals surface area contributed by atoms with E-state index in [2.05, 4.69) is 0 Å². The first-order chi connectivity index (χ1) is 9.36. The van der Waals surface area contributed by atoms with Gasteiger partial charge >= 0.3 is 0 Å². The Kier molecular flexibility index (Phi) is 6.04. The maximum absolute atomic E-state index is 13.8. The molecule has 7 heteroatoms. The predicted molar refractivity (Wildman–Crippen MR) is 81.6 cm³/mol. The molecule has 0 unspecified atom stereocenters. The Bertz CT molecular complexity index is 588. The molecule has 0 radical (unpaired) electrons. The molecule has 2 N–H and O–H groups in total. The van der Waals surface area contributed by atoms with Crippen LogP contribution in [-0.2, 0) is 10.0 Å². The number of thiocarbonyl (C=S) groups is 1. The van der Waals surface area contributed by atoms with Crippen LogP contribution >= 0.6 is 12.2 Å². The van der Waals surface area contributed by atoms with Gasteiger partial charge in [0.1, 0.15) is 10.8 Å². The summed E-state index contributed by atoms with van der Waals surface area (Å²) in [5.74, 6) is -0.717. The third-order valence-corrected chi connectivity index (χ3v) is 5.17. The molecule has 0 spiro atoms. The quantitative estimate of drug-likeness (QED) is 0.783. The predicted octanol–water partition coefficient (Wildman–Crippen LogP) is 2.27. The van der Waals surface area contributed by atoms with Crippen molar-refractivity contribution >= 4 is 27.2 Å². The largest absolute Gasteiger partial charge is 0.389 e. The van der Waals surface area contributed by atoms with Gasteiger partial charge in [-0.15, -0.1) is 0 Å². The van der Waals surface area contributed by atoms with Crippen LogP contribution in [0.4, 0.5) is 4.39 Å². The molecule has 0 aliphatic heterocycles. The molecule has 0 saturated carbocycles. The minimum atomic E-state index is -3.80. The monoisotopic (exact) mass is 318 g/mol. The minimum absolute atomic E-state index is 0.164. The topological polar surface area (TPSA) is 63.4 Å². The number of benzene rings is 1. The van der Waals surface area contributed by atoms with E-state index in [1.54, 1.807) is 6.92 Å². The summed E-state index contributed by atoms with van der Waals surface area (Å²) in [6.07, 6.45) is 1.61. The molecule has 1 aromatic carbocycles. The van der Waals surface area contributed by atoms with Crippen LogP contribution < -0.4 is 5.73 Å². The lowest BCUT2D eigenvalue weighted by atomic mass is 10.2. The zero-order valence-electron chi connectivity index (χ0n) is 11.6. The number of hydrogen-bond acceptors (Lipinski definition) is 3. The number of hydrogen-bond donors (Lipinski definition) is 1. The number of nitrogens with zero attached hydrogens (tertiary/aromatic N) is 1. The highest BCUT2D eigenvalue weighted by atomic mass is 32.2. The Morgan fingerprint density at radius 1 is 1.40 bits per heavy atom. The minimum Gasteiger partial charge on any atom is -0.389 e. The fourth-order valence-electron chi connectivity index (χ4n) is 1.88. The van der Waals surface area contributed by atoms with Crippen molar-refractivity contribution in [3.63, 3.8) is 0 Å². The highest BCUT2D eigenvalue weighted by Gasteiger charge is 2.27. The van der Waals surface area contributed by atoms with E-state index < -0.39 is 15.8 Å². The Morgan fingerprint density at radius 3 is 2.55 bits per heavy atom. The van der Waals surface area contributed by atoms with Crippen LogP contribution in [0, 0.1) is 5.82 Å². The summed E-state index contributed by atoms with van der Waals surface area (Å²) in [5.41, 5.74) is 5.25. The molecular weight excluding hydrogens is 299 g/mol. The first-order valence-electron chi connectivity index (χ1n) is 6.44. The summed E-state index contributed by atoms with van der Waals surface area (Å²) in [4.78, 5) is -0.420. The van der Waals surface area contributed by atoms with E-state index >= 15 is 0 Å². The Morgan fingerprint density at radius 2 is 2.05 bits per heavy atom. The molecule has 0 heterocycles. The lowest BCUT2D eigenvalue weighted by Gasteiger charge is -2.21. The normalized spacial score (nSPS) is 11.8. The highest BCUT2D eigenvalue weighted by molar-refractivity contribution is 7.89. The maximum Gasteiger partial charge on any atom is 0.243 e. The lowest BCUT2D eigenvalue weighted by Crippen LogP contribution is -2.33. The molecule has 0 amide bonds. The molecule has 4 nitrogen and oxygen atoms in total. The number of unbranched alkanes of at least 4 members (excludes halogenated alkanes) is 1. The highest BCUT2D eigenvalue weighted by Crippen LogP contribution is 2.23. The van der Waals surface area contributed by atoms with Gasteiger partial charge in [-0.05, 0) is 18.6 Å². The van der Waals surface area contributed by atoms with Gasteiger partial charge in [-0.1, -0.05) is 38.6 Å². The first-order valence-corrected chi connectivity index (χ1v) is 8.29. The summed E-state index contributed by atoms with van der Waals surface area (Å²) in [6, 6.07) is 3.83. The number of sulfonamides is 1. The number of rotatable bonds is 7. The average molecular weight is 318 g/mol. The fraction of sp³-hybridized carbons (Fsp3) is 0.462. The van der Waals surface area contributed by atoms with E-state index in [1.165, 1.54) is 16.4 Å². The zero-order valence-corrected chi connectivity index (χ0v) is 13.2. The molecule has 0 atom stereocenters. The van der Waals surface area contributed by atoms with Gasteiger partial charge in [-0.25, -0.2) is 12.8 Å². The van der Waals surface area contributed by atoms with Crippen molar-refractivity contribution in [2.24, 2.45) is 5.73 Å². The Balaban J connectivity index is 3.34. The Hall–Kier alpha value is -1.05. The van der Waals surface area contributed by atoms with Crippen molar-refractivity contribution < 1.29 is 12.8 Å². The molecule has 112 valence electrons. The third-order valence-electron chi connectivity index (χ3n) is 2.95. The SMILES string of the molecule is CCCCN(CC)S(=O)(=O)c1cccc(F)c1C(N)=S. The van der Waals surface area contributed by atoms with Crippen LogP contribution in [0.3, 0.4) is 0 Å². The molecule has 20 heavy (non-hydrogen) atoms. The fourth-order valence-corrected chi connectivity index (χ4v) is 3.86. The smallest absolute Gasteiger partial charge is 0.243 e. The van der Waals surface area contributed by atoms with E-state index in [4.69, 9.17) is 18.0 Å². The molecule has 0 aliphatic rings. The van der Waals surface area contributed by atoms with Crippen LogP contribution in [0.15, 0.2) is 23.1 Å². The van der Waals surface area contributed by atoms with Crippen LogP contribution in [0.5, 0.6) is 0 Å². The van der Waals surface area contributed by atoms with Gasteiger partial charge < -0.3 is 5.73 Å². The summed E-state index contributed by atoms with van der Waals surface area (Å²) in [5, 5.41) is 0. The van der Waals surface area contributed by atoms with E-state index in [1.807, 2.05) is 6.92 Å². The molecule has 0 aliphatic carbocycles. The summed E-state index contributed by atoms with van der Waals surface area (Å²) in [6.45, 7) is 4.42. The van der Waals surface area contributed by atoms with Gasteiger partial charge in [-0.3, -0.25) is 0 Å². The van der Waals surface area contributed by atoms with E-state index in [-0.39, 0.29) is 15.4 Å². The second-order valence-electron chi connectivity index (χ2n) is 4.33. The standard InChI is InChI=1S/C13H19FN2O2S2/c1-3-5-9-16(4-2)20(17,18)11-8-6-7-10(14)12(11)13(15)19/h6-8H,3-5,9H2,1-2H3,(H2,15,19). The van der Waals surface area contributed by atoms with Gasteiger partial charge in [0.05, 0.1) is 10.5 Å². The van der Waals surface area contributed by atoms with Crippen LogP contribution in [0.25, 0.3) is 0 Å². The van der Waals surface area contributed by atoms with Crippen LogP contribution in [0.1, 0.15) is 32.3 Å². The van der Waals surface area contributed by atoms with E-state index in [0.717, 1.165) is 18.9 Å². The number of halogens is 1. The molecule has 0 bridgehead atoms. The molecule has 0 fully saturated rings. The van der Waals surface area contributed by atoms with Crippen LogP contribution in [-0.4, -0.2) is 30.8 Å². The van der Waals surface area contributed by atoms with Crippen molar-refractivity contribution in [1.82, 2.24) is 4.31 Å². The van der Waals surface area contributed by atoms with Crippen molar-refractivity contribution in [3.8, 4) is 0 Å². The second-order valence-corrected chi connectivity index (χ2v) is 6.67. The zero-order chi connectivity index (χ0) is 15.3. The Labute approximate surface area is 124 Å².